The number of benzene rings is 1. The lowest BCUT2D eigenvalue weighted by atomic mass is 10.2. The number of likely N-dealkylation sites (N-methyl/N-ethyl adjacent to an activating group) is 1. The third-order valence-electron chi connectivity index (χ3n) is 2.74. The third kappa shape index (κ3) is 3.12. The average Bonchev–Trinajstić information content (AvgIpc) is 2.73. The first kappa shape index (κ1) is 12.2. The van der Waals surface area contributed by atoms with E-state index in [9.17, 15) is 0 Å². The van der Waals surface area contributed by atoms with Gasteiger partial charge in [0.25, 0.3) is 6.02 Å². The molecule has 1 aliphatic heterocycles. The van der Waals surface area contributed by atoms with Gasteiger partial charge in [-0.15, -0.1) is 0 Å². The molecule has 2 N–H and O–H groups in total. The van der Waals surface area contributed by atoms with E-state index in [0.29, 0.717) is 12.6 Å². The largest absolute Gasteiger partial charge is 0.463 e. The lowest BCUT2D eigenvalue weighted by Gasteiger charge is -2.24. The van der Waals surface area contributed by atoms with Gasteiger partial charge in [-0.2, -0.15) is 0 Å². The highest BCUT2D eigenvalue weighted by molar-refractivity contribution is 9.10. The second-order valence-corrected chi connectivity index (χ2v) is 4.86. The van der Waals surface area contributed by atoms with Crippen molar-refractivity contribution in [3.63, 3.8) is 0 Å². The molecule has 0 saturated carbocycles. The molecule has 0 aliphatic carbocycles. The van der Waals surface area contributed by atoms with Gasteiger partial charge in [-0.25, -0.2) is 4.99 Å². The van der Waals surface area contributed by atoms with Gasteiger partial charge in [0.15, 0.2) is 0 Å². The predicted molar refractivity (Wildman–Crippen MR) is 73.4 cm³/mol. The summed E-state index contributed by atoms with van der Waals surface area (Å²) in [6.45, 7) is 4.48. The zero-order valence-corrected chi connectivity index (χ0v) is 11.4. The summed E-state index contributed by atoms with van der Waals surface area (Å²) >= 11 is 3.44. The Bertz CT molecular complexity index is 405. The number of nitrogens with zero attached hydrogens (tertiary/aromatic N) is 2. The molecule has 0 unspecified atom stereocenters. The van der Waals surface area contributed by atoms with E-state index < -0.39 is 0 Å². The van der Waals surface area contributed by atoms with E-state index in [0.717, 1.165) is 17.6 Å². The van der Waals surface area contributed by atoms with E-state index in [-0.39, 0.29) is 6.04 Å². The van der Waals surface area contributed by atoms with Crippen LogP contribution in [-0.2, 0) is 4.74 Å². The summed E-state index contributed by atoms with van der Waals surface area (Å²) in [7, 11) is 0. The van der Waals surface area contributed by atoms with Crippen molar-refractivity contribution < 1.29 is 4.74 Å². The van der Waals surface area contributed by atoms with Crippen LogP contribution in [0.25, 0.3) is 0 Å². The average molecular weight is 298 g/mol. The van der Waals surface area contributed by atoms with Gasteiger partial charge in [0.05, 0.1) is 0 Å². The molecule has 5 heteroatoms. The first-order valence-corrected chi connectivity index (χ1v) is 6.45. The van der Waals surface area contributed by atoms with Crippen molar-refractivity contribution in [2.45, 2.75) is 13.0 Å². The highest BCUT2D eigenvalue weighted by atomic mass is 79.9. The monoisotopic (exact) mass is 297 g/mol. The van der Waals surface area contributed by atoms with Gasteiger partial charge in [0.2, 0.25) is 0 Å². The first-order valence-electron chi connectivity index (χ1n) is 5.65. The summed E-state index contributed by atoms with van der Waals surface area (Å²) in [6, 6.07) is 8.72. The molecular weight excluding hydrogens is 282 g/mol. The molecule has 0 aromatic heterocycles. The molecule has 17 heavy (non-hydrogen) atoms. The zero-order chi connectivity index (χ0) is 12.3. The molecule has 4 nitrogen and oxygen atoms in total. The number of amidine groups is 1. The Kier molecular flexibility index (Phi) is 3.89. The van der Waals surface area contributed by atoms with Crippen LogP contribution in [0.2, 0.25) is 0 Å². The highest BCUT2D eigenvalue weighted by Gasteiger charge is 2.19. The minimum Gasteiger partial charge on any atom is -0.463 e. The summed E-state index contributed by atoms with van der Waals surface area (Å²) in [5, 5.41) is 0. The number of rotatable bonds is 4. The van der Waals surface area contributed by atoms with Crippen LogP contribution in [0.1, 0.15) is 6.92 Å². The Labute approximate surface area is 110 Å². The summed E-state index contributed by atoms with van der Waals surface area (Å²) in [5.41, 5.74) is 6.69. The van der Waals surface area contributed by atoms with Crippen molar-refractivity contribution in [2.75, 3.05) is 24.6 Å². The quantitative estimate of drug-likeness (QED) is 0.925. The van der Waals surface area contributed by atoms with Gasteiger partial charge >= 0.3 is 0 Å². The van der Waals surface area contributed by atoms with Crippen molar-refractivity contribution in [2.24, 2.45) is 10.7 Å². The van der Waals surface area contributed by atoms with Crippen molar-refractivity contribution in [1.29, 1.82) is 0 Å². The van der Waals surface area contributed by atoms with Crippen LogP contribution in [0, 0.1) is 0 Å². The topological polar surface area (TPSA) is 50.9 Å². The van der Waals surface area contributed by atoms with Crippen LogP contribution in [0.3, 0.4) is 0 Å². The standard InChI is InChI=1S/C12H16BrN3O/c1-2-16(7-10-8-17-12(14)15-10)11-5-3-9(13)4-6-11/h3-6,10H,2,7-8H2,1H3,(H2,14,15)/t10-/m0/s1. The Balaban J connectivity index is 2.04. The number of nitrogens with two attached hydrogens (primary N) is 1. The SMILES string of the molecule is CCN(C[C@H]1COC(N)=N1)c1ccc(Br)cc1. The van der Waals surface area contributed by atoms with Crippen LogP contribution in [0.15, 0.2) is 33.7 Å². The van der Waals surface area contributed by atoms with Crippen molar-refractivity contribution in [3.05, 3.63) is 28.7 Å². The number of halogens is 1. The summed E-state index contributed by atoms with van der Waals surface area (Å²) in [4.78, 5) is 6.51. The minimum absolute atomic E-state index is 0.138. The Hall–Kier alpha value is -1.23. The Morgan fingerprint density at radius 2 is 2.18 bits per heavy atom. The molecular formula is C12H16BrN3O. The van der Waals surface area contributed by atoms with E-state index in [1.165, 1.54) is 5.69 Å². The lowest BCUT2D eigenvalue weighted by molar-refractivity contribution is 0.313. The molecule has 1 heterocycles. The third-order valence-corrected chi connectivity index (χ3v) is 3.27. The maximum Gasteiger partial charge on any atom is 0.282 e. The maximum absolute atomic E-state index is 5.50. The van der Waals surface area contributed by atoms with Crippen LogP contribution < -0.4 is 10.6 Å². The smallest absolute Gasteiger partial charge is 0.282 e. The fourth-order valence-corrected chi connectivity index (χ4v) is 2.12. The van der Waals surface area contributed by atoms with E-state index in [1.54, 1.807) is 0 Å². The molecule has 0 saturated heterocycles. The molecule has 1 aliphatic rings. The van der Waals surface area contributed by atoms with Gasteiger partial charge in [-0.3, -0.25) is 0 Å². The number of hydrogen-bond donors (Lipinski definition) is 1. The van der Waals surface area contributed by atoms with Crippen LogP contribution in [0.5, 0.6) is 0 Å². The molecule has 0 amide bonds. The van der Waals surface area contributed by atoms with E-state index >= 15 is 0 Å². The van der Waals surface area contributed by atoms with Crippen LogP contribution >= 0.6 is 15.9 Å². The maximum atomic E-state index is 5.50. The molecule has 0 spiro atoms. The van der Waals surface area contributed by atoms with Crippen LogP contribution in [0.4, 0.5) is 5.69 Å². The fourth-order valence-electron chi connectivity index (χ4n) is 1.85. The summed E-state index contributed by atoms with van der Waals surface area (Å²) in [5.74, 6) is 0. The first-order chi connectivity index (χ1) is 8.19. The van der Waals surface area contributed by atoms with Gasteiger partial charge in [0, 0.05) is 23.2 Å². The van der Waals surface area contributed by atoms with Crippen molar-refractivity contribution in [1.82, 2.24) is 0 Å². The molecule has 0 bridgehead atoms. The number of ether oxygens (including phenoxy) is 1. The number of aliphatic imine (C=N–C) groups is 1. The van der Waals surface area contributed by atoms with Gasteiger partial charge in [-0.05, 0) is 31.2 Å². The fraction of sp³-hybridized carbons (Fsp3) is 0.417. The second-order valence-electron chi connectivity index (χ2n) is 3.95. The zero-order valence-electron chi connectivity index (χ0n) is 9.77. The normalized spacial score (nSPS) is 18.7. The summed E-state index contributed by atoms with van der Waals surface area (Å²) in [6.07, 6.45) is 0. The molecule has 0 radical (unpaired) electrons. The Morgan fingerprint density at radius 1 is 1.47 bits per heavy atom. The highest BCUT2D eigenvalue weighted by Crippen LogP contribution is 2.19. The molecule has 0 fully saturated rings. The molecule has 1 atom stereocenters. The second kappa shape index (κ2) is 5.40. The van der Waals surface area contributed by atoms with E-state index in [1.807, 2.05) is 12.1 Å². The molecule has 2 rings (SSSR count). The molecule has 1 aromatic carbocycles. The lowest BCUT2D eigenvalue weighted by Crippen LogP contribution is -2.32. The van der Waals surface area contributed by atoms with Crippen molar-refractivity contribution >= 4 is 27.6 Å². The number of anilines is 1. The summed E-state index contributed by atoms with van der Waals surface area (Å²) < 4.78 is 6.25. The molecule has 92 valence electrons. The molecule has 1 aromatic rings. The van der Waals surface area contributed by atoms with Gasteiger partial charge in [0.1, 0.15) is 12.6 Å². The van der Waals surface area contributed by atoms with Gasteiger partial charge < -0.3 is 15.4 Å². The van der Waals surface area contributed by atoms with Gasteiger partial charge in [-0.1, -0.05) is 15.9 Å². The van der Waals surface area contributed by atoms with E-state index in [2.05, 4.69) is 44.9 Å². The van der Waals surface area contributed by atoms with Crippen molar-refractivity contribution in [3.8, 4) is 0 Å². The predicted octanol–water partition coefficient (Wildman–Crippen LogP) is 1.99. The number of hydrogen-bond acceptors (Lipinski definition) is 4. The van der Waals surface area contributed by atoms with E-state index in [4.69, 9.17) is 10.5 Å². The Morgan fingerprint density at radius 3 is 2.71 bits per heavy atom. The van der Waals surface area contributed by atoms with Crippen LogP contribution in [-0.4, -0.2) is 31.8 Å². The minimum atomic E-state index is 0.138.